The SMILES string of the molecule is CNCc1nc2c(c(=O)n(C)c(=O)n2C)n1C. The van der Waals surface area contributed by atoms with Crippen molar-refractivity contribution in [1.82, 2.24) is 24.0 Å². The largest absolute Gasteiger partial charge is 0.332 e. The second-order valence-corrected chi connectivity index (χ2v) is 4.00. The molecule has 2 rings (SSSR count). The van der Waals surface area contributed by atoms with Gasteiger partial charge in [-0.25, -0.2) is 9.78 Å². The van der Waals surface area contributed by atoms with Crippen molar-refractivity contribution in [2.45, 2.75) is 6.54 Å². The number of nitrogens with one attached hydrogen (secondary N) is 1. The Kier molecular flexibility index (Phi) is 2.62. The molecule has 0 amide bonds. The molecule has 0 aromatic carbocycles. The summed E-state index contributed by atoms with van der Waals surface area (Å²) in [6, 6.07) is 0. The molecule has 0 radical (unpaired) electrons. The molecule has 1 N–H and O–H groups in total. The monoisotopic (exact) mass is 237 g/mol. The van der Waals surface area contributed by atoms with E-state index in [2.05, 4.69) is 10.3 Å². The second kappa shape index (κ2) is 3.85. The first-order valence-corrected chi connectivity index (χ1v) is 5.25. The van der Waals surface area contributed by atoms with Gasteiger partial charge >= 0.3 is 5.69 Å². The zero-order chi connectivity index (χ0) is 12.7. The summed E-state index contributed by atoms with van der Waals surface area (Å²) in [5, 5.41) is 2.97. The minimum absolute atomic E-state index is 0.319. The Labute approximate surface area is 97.3 Å². The van der Waals surface area contributed by atoms with Gasteiger partial charge in [-0.2, -0.15) is 0 Å². The molecular weight excluding hydrogens is 222 g/mol. The topological polar surface area (TPSA) is 73.8 Å². The maximum atomic E-state index is 12.0. The number of hydrogen-bond donors (Lipinski definition) is 1. The van der Waals surface area contributed by atoms with E-state index >= 15 is 0 Å². The van der Waals surface area contributed by atoms with Gasteiger partial charge in [0.05, 0.1) is 6.54 Å². The summed E-state index contributed by atoms with van der Waals surface area (Å²) in [7, 11) is 6.65. The number of fused-ring (bicyclic) bond motifs is 1. The summed E-state index contributed by atoms with van der Waals surface area (Å²) in [5.74, 6) is 0.723. The fourth-order valence-electron chi connectivity index (χ4n) is 1.88. The Bertz CT molecular complexity index is 691. The molecule has 0 fully saturated rings. The smallest absolute Gasteiger partial charge is 0.324 e. The van der Waals surface area contributed by atoms with Crippen LogP contribution < -0.4 is 16.6 Å². The van der Waals surface area contributed by atoms with Crippen LogP contribution in [0.3, 0.4) is 0 Å². The maximum Gasteiger partial charge on any atom is 0.332 e. The molecule has 7 nitrogen and oxygen atoms in total. The Morgan fingerprint density at radius 3 is 2.35 bits per heavy atom. The lowest BCUT2D eigenvalue weighted by molar-refractivity contribution is 0.703. The first-order valence-electron chi connectivity index (χ1n) is 5.25. The van der Waals surface area contributed by atoms with Crippen molar-refractivity contribution >= 4 is 11.2 Å². The molecule has 0 aliphatic carbocycles. The first kappa shape index (κ1) is 11.6. The van der Waals surface area contributed by atoms with Gasteiger partial charge in [-0.15, -0.1) is 0 Å². The van der Waals surface area contributed by atoms with Crippen molar-refractivity contribution in [2.24, 2.45) is 21.1 Å². The van der Waals surface area contributed by atoms with Gasteiger partial charge < -0.3 is 9.88 Å². The Morgan fingerprint density at radius 2 is 1.76 bits per heavy atom. The molecule has 2 aromatic heterocycles. The molecule has 0 spiro atoms. The second-order valence-electron chi connectivity index (χ2n) is 4.00. The Morgan fingerprint density at radius 1 is 1.12 bits per heavy atom. The normalized spacial score (nSPS) is 11.3. The summed E-state index contributed by atoms with van der Waals surface area (Å²) in [6.07, 6.45) is 0. The van der Waals surface area contributed by atoms with Crippen LogP contribution in [-0.4, -0.2) is 25.7 Å². The highest BCUT2D eigenvalue weighted by molar-refractivity contribution is 5.70. The van der Waals surface area contributed by atoms with Crippen LogP contribution in [0.4, 0.5) is 0 Å². The molecule has 0 bridgehead atoms. The van der Waals surface area contributed by atoms with Crippen molar-refractivity contribution < 1.29 is 0 Å². The van der Waals surface area contributed by atoms with Crippen LogP contribution in [0.1, 0.15) is 5.82 Å². The Balaban J connectivity index is 2.97. The van der Waals surface area contributed by atoms with Crippen LogP contribution in [0.2, 0.25) is 0 Å². The van der Waals surface area contributed by atoms with Crippen LogP contribution in [0.25, 0.3) is 11.2 Å². The van der Waals surface area contributed by atoms with Crippen LogP contribution in [-0.2, 0) is 27.7 Å². The summed E-state index contributed by atoms with van der Waals surface area (Å²) < 4.78 is 4.19. The fraction of sp³-hybridized carbons (Fsp3) is 0.500. The molecule has 2 heterocycles. The van der Waals surface area contributed by atoms with Gasteiger partial charge in [-0.1, -0.05) is 0 Å². The van der Waals surface area contributed by atoms with E-state index in [1.54, 1.807) is 25.7 Å². The molecule has 0 unspecified atom stereocenters. The number of hydrogen-bond acceptors (Lipinski definition) is 4. The van der Waals surface area contributed by atoms with Crippen LogP contribution in [0.5, 0.6) is 0 Å². The van der Waals surface area contributed by atoms with E-state index in [0.717, 1.165) is 10.4 Å². The van der Waals surface area contributed by atoms with E-state index in [1.807, 2.05) is 0 Å². The van der Waals surface area contributed by atoms with Crippen molar-refractivity contribution in [1.29, 1.82) is 0 Å². The van der Waals surface area contributed by atoms with Gasteiger partial charge in [0.2, 0.25) is 0 Å². The van der Waals surface area contributed by atoms with Crippen molar-refractivity contribution in [2.75, 3.05) is 7.05 Å². The fourth-order valence-corrected chi connectivity index (χ4v) is 1.88. The van der Waals surface area contributed by atoms with Gasteiger partial charge in [0.15, 0.2) is 11.2 Å². The molecule has 2 aromatic rings. The first-order chi connectivity index (χ1) is 7.99. The predicted molar refractivity (Wildman–Crippen MR) is 64.0 cm³/mol. The highest BCUT2D eigenvalue weighted by Crippen LogP contribution is 2.08. The zero-order valence-corrected chi connectivity index (χ0v) is 10.3. The third-order valence-corrected chi connectivity index (χ3v) is 2.90. The summed E-state index contributed by atoms with van der Waals surface area (Å²) in [4.78, 5) is 28.1. The average molecular weight is 237 g/mol. The zero-order valence-electron chi connectivity index (χ0n) is 10.3. The molecule has 92 valence electrons. The number of nitrogens with zero attached hydrogens (tertiary/aromatic N) is 4. The van der Waals surface area contributed by atoms with Gasteiger partial charge in [0, 0.05) is 21.1 Å². The van der Waals surface area contributed by atoms with Gasteiger partial charge in [0.25, 0.3) is 5.56 Å². The number of aryl methyl sites for hydroxylation is 2. The summed E-state index contributed by atoms with van der Waals surface area (Å²) >= 11 is 0. The van der Waals surface area contributed by atoms with E-state index in [-0.39, 0.29) is 11.2 Å². The Hall–Kier alpha value is -1.89. The molecule has 0 atom stereocenters. The molecular formula is C10H15N5O2. The maximum absolute atomic E-state index is 12.0. The lowest BCUT2D eigenvalue weighted by atomic mass is 10.5. The van der Waals surface area contributed by atoms with E-state index in [9.17, 15) is 9.59 Å². The minimum atomic E-state index is -0.364. The molecule has 7 heteroatoms. The van der Waals surface area contributed by atoms with E-state index in [4.69, 9.17) is 0 Å². The van der Waals surface area contributed by atoms with E-state index in [0.29, 0.717) is 17.7 Å². The number of rotatable bonds is 2. The molecule has 0 aliphatic heterocycles. The van der Waals surface area contributed by atoms with Crippen LogP contribution in [0, 0.1) is 0 Å². The van der Waals surface area contributed by atoms with Crippen molar-refractivity contribution in [3.05, 3.63) is 26.7 Å². The van der Waals surface area contributed by atoms with Gasteiger partial charge in [-0.3, -0.25) is 13.9 Å². The summed E-state index contributed by atoms with van der Waals surface area (Å²) in [6.45, 7) is 0.544. The highest BCUT2D eigenvalue weighted by Gasteiger charge is 2.15. The standard InChI is InChI=1S/C10H15N5O2/c1-11-5-6-12-8-7(13(6)2)9(16)15(4)10(17)14(8)3/h11H,5H2,1-4H3. The average Bonchev–Trinajstić information content (AvgIpc) is 2.62. The summed E-state index contributed by atoms with van der Waals surface area (Å²) in [5.41, 5.74) is 0.183. The third-order valence-electron chi connectivity index (χ3n) is 2.90. The van der Waals surface area contributed by atoms with Gasteiger partial charge in [0.1, 0.15) is 5.82 Å². The third kappa shape index (κ3) is 1.50. The highest BCUT2D eigenvalue weighted by atomic mass is 16.2. The van der Waals surface area contributed by atoms with E-state index in [1.165, 1.54) is 11.6 Å². The number of aromatic nitrogens is 4. The van der Waals surface area contributed by atoms with Crippen LogP contribution >= 0.6 is 0 Å². The molecule has 17 heavy (non-hydrogen) atoms. The minimum Gasteiger partial charge on any atom is -0.324 e. The van der Waals surface area contributed by atoms with Crippen LogP contribution in [0.15, 0.2) is 9.59 Å². The molecule has 0 saturated carbocycles. The van der Waals surface area contributed by atoms with Crippen molar-refractivity contribution in [3.8, 4) is 0 Å². The van der Waals surface area contributed by atoms with Crippen molar-refractivity contribution in [3.63, 3.8) is 0 Å². The van der Waals surface area contributed by atoms with Gasteiger partial charge in [-0.05, 0) is 7.05 Å². The van der Waals surface area contributed by atoms with E-state index < -0.39 is 0 Å². The lowest BCUT2D eigenvalue weighted by Crippen LogP contribution is -2.37. The number of imidazole rings is 1. The molecule has 0 aliphatic rings. The quantitative estimate of drug-likeness (QED) is 0.704. The predicted octanol–water partition coefficient (Wildman–Crippen LogP) is -1.31. The lowest BCUT2D eigenvalue weighted by Gasteiger charge is -2.03. The molecule has 0 saturated heterocycles.